The predicted molar refractivity (Wildman–Crippen MR) is 154 cm³/mol. The fourth-order valence-corrected chi connectivity index (χ4v) is 4.96. The molecule has 41 heavy (non-hydrogen) atoms. The van der Waals surface area contributed by atoms with E-state index >= 15 is 0 Å². The van der Waals surface area contributed by atoms with E-state index in [9.17, 15) is 0 Å². The molecule has 3 fully saturated rings. The Morgan fingerprint density at radius 2 is 1.05 bits per heavy atom. The van der Waals surface area contributed by atoms with E-state index in [1.807, 2.05) is 12.1 Å². The summed E-state index contributed by atoms with van der Waals surface area (Å²) in [6.07, 6.45) is 1.07. The number of hydrogen-bond acceptors (Lipinski definition) is 8. The van der Waals surface area contributed by atoms with Crippen molar-refractivity contribution in [3.63, 3.8) is 0 Å². The molecule has 0 spiro atoms. The van der Waals surface area contributed by atoms with E-state index in [1.54, 1.807) is 7.11 Å². The van der Waals surface area contributed by atoms with Crippen LogP contribution in [0.2, 0.25) is 0 Å². The van der Waals surface area contributed by atoms with Gasteiger partial charge in [-0.1, -0.05) is 24.3 Å². The van der Waals surface area contributed by atoms with Crippen LogP contribution in [-0.4, -0.2) is 78.3 Å². The number of rotatable bonds is 15. The normalized spacial score (nSPS) is 20.7. The van der Waals surface area contributed by atoms with Crippen molar-refractivity contribution in [2.24, 2.45) is 0 Å². The van der Waals surface area contributed by atoms with Crippen LogP contribution >= 0.6 is 0 Å². The quantitative estimate of drug-likeness (QED) is 0.150. The van der Waals surface area contributed by atoms with Crippen LogP contribution in [0.4, 0.5) is 0 Å². The van der Waals surface area contributed by atoms with Gasteiger partial charge < -0.3 is 37.9 Å². The molecule has 0 saturated carbocycles. The van der Waals surface area contributed by atoms with E-state index in [0.29, 0.717) is 39.5 Å². The number of benzene rings is 4. The fourth-order valence-electron chi connectivity index (χ4n) is 4.96. The first-order valence-electron chi connectivity index (χ1n) is 14.2. The summed E-state index contributed by atoms with van der Waals surface area (Å²) in [5, 5.41) is 4.37. The van der Waals surface area contributed by atoms with Gasteiger partial charge in [-0.25, -0.2) is 0 Å². The lowest BCUT2D eigenvalue weighted by molar-refractivity contribution is 0.146. The Morgan fingerprint density at radius 1 is 0.585 bits per heavy atom. The lowest BCUT2D eigenvalue weighted by Crippen LogP contribution is -2.09. The highest BCUT2D eigenvalue weighted by Crippen LogP contribution is 2.39. The third-order valence-corrected chi connectivity index (χ3v) is 7.53. The minimum Gasteiger partial charge on any atom is -0.491 e. The third-order valence-electron chi connectivity index (χ3n) is 7.53. The van der Waals surface area contributed by atoms with Crippen molar-refractivity contribution >= 4 is 21.5 Å². The van der Waals surface area contributed by atoms with Crippen LogP contribution in [0.25, 0.3) is 21.5 Å². The van der Waals surface area contributed by atoms with Crippen LogP contribution in [0.5, 0.6) is 23.0 Å². The molecule has 4 aromatic carbocycles. The van der Waals surface area contributed by atoms with Gasteiger partial charge in [0.2, 0.25) is 0 Å². The Bertz CT molecular complexity index is 1520. The van der Waals surface area contributed by atoms with E-state index in [1.165, 1.54) is 0 Å². The van der Waals surface area contributed by atoms with Crippen LogP contribution in [-0.2, 0) is 25.4 Å². The molecule has 0 radical (unpaired) electrons. The van der Waals surface area contributed by atoms with Crippen LogP contribution in [0.1, 0.15) is 11.1 Å². The van der Waals surface area contributed by atoms with Gasteiger partial charge in [0.05, 0.1) is 26.4 Å². The molecule has 3 saturated heterocycles. The average Bonchev–Trinajstić information content (AvgIpc) is 3.85. The first-order valence-corrected chi connectivity index (χ1v) is 14.2. The monoisotopic (exact) mass is 558 g/mol. The third kappa shape index (κ3) is 6.52. The number of epoxide rings is 3. The molecule has 7 rings (SSSR count). The first-order chi connectivity index (χ1) is 20.2. The highest BCUT2D eigenvalue weighted by molar-refractivity contribution is 5.93. The Labute approximate surface area is 238 Å². The minimum atomic E-state index is 0.146. The number of methoxy groups -OCH3 is 1. The van der Waals surface area contributed by atoms with Gasteiger partial charge in [0.1, 0.15) is 67.7 Å². The zero-order chi connectivity index (χ0) is 27.6. The molecular weight excluding hydrogens is 524 g/mol. The van der Waals surface area contributed by atoms with Crippen molar-refractivity contribution in [1.29, 1.82) is 0 Å². The summed E-state index contributed by atoms with van der Waals surface area (Å²) in [6.45, 7) is 4.81. The van der Waals surface area contributed by atoms with Crippen molar-refractivity contribution in [2.75, 3.05) is 60.0 Å². The maximum atomic E-state index is 6.35. The Kier molecular flexibility index (Phi) is 7.54. The molecule has 214 valence electrons. The highest BCUT2D eigenvalue weighted by Gasteiger charge is 2.26. The van der Waals surface area contributed by atoms with Crippen molar-refractivity contribution in [3.05, 3.63) is 71.8 Å². The van der Waals surface area contributed by atoms with Gasteiger partial charge in [-0.05, 0) is 57.9 Å². The maximum absolute atomic E-state index is 6.35. The van der Waals surface area contributed by atoms with Crippen LogP contribution in [0, 0.1) is 0 Å². The van der Waals surface area contributed by atoms with Gasteiger partial charge in [0.25, 0.3) is 0 Å². The van der Waals surface area contributed by atoms with Crippen molar-refractivity contribution in [3.8, 4) is 23.0 Å². The molecule has 3 aliphatic heterocycles. The summed E-state index contributed by atoms with van der Waals surface area (Å²) in [7, 11) is 1.67. The Hall–Kier alpha value is -3.56. The molecular formula is C33H34O8. The topological polar surface area (TPSA) is 83.7 Å². The number of hydrogen-bond donors (Lipinski definition) is 0. The standard InChI is InChI=1S/C33H34O8/c1-34-10-11-35-23-6-2-21-4-8-32(40-19-26-17-38-26)30(28(21)12-23)14-31-29-13-24(36-15-25-16-37-25)7-3-22(29)5-9-33(31)41-20-27-18-39-27/h2-9,12-13,25-27H,10-11,14-20H2,1H3. The van der Waals surface area contributed by atoms with E-state index in [-0.39, 0.29) is 18.3 Å². The molecule has 4 aromatic rings. The molecule has 3 aliphatic rings. The second-order valence-electron chi connectivity index (χ2n) is 10.7. The molecule has 3 unspecified atom stereocenters. The van der Waals surface area contributed by atoms with Gasteiger partial charge >= 0.3 is 0 Å². The number of fused-ring (bicyclic) bond motifs is 2. The number of ether oxygens (including phenoxy) is 8. The molecule has 0 amide bonds. The summed E-state index contributed by atoms with van der Waals surface area (Å²) in [4.78, 5) is 0. The van der Waals surface area contributed by atoms with Gasteiger partial charge in [0, 0.05) is 24.7 Å². The van der Waals surface area contributed by atoms with E-state index < -0.39 is 0 Å². The van der Waals surface area contributed by atoms with E-state index in [4.69, 9.17) is 37.9 Å². The van der Waals surface area contributed by atoms with Crippen molar-refractivity contribution < 1.29 is 37.9 Å². The van der Waals surface area contributed by atoms with Crippen LogP contribution in [0.3, 0.4) is 0 Å². The molecule has 8 nitrogen and oxygen atoms in total. The lowest BCUT2D eigenvalue weighted by atomic mass is 9.93. The first kappa shape index (κ1) is 26.3. The predicted octanol–water partition coefficient (Wildman–Crippen LogP) is 4.94. The molecule has 8 heteroatoms. The summed E-state index contributed by atoms with van der Waals surface area (Å²) in [6, 6.07) is 20.7. The molecule has 0 aromatic heterocycles. The molecule has 0 N–H and O–H groups in total. The zero-order valence-corrected chi connectivity index (χ0v) is 23.1. The van der Waals surface area contributed by atoms with Crippen LogP contribution in [0.15, 0.2) is 60.7 Å². The Balaban J connectivity index is 1.30. The zero-order valence-electron chi connectivity index (χ0n) is 23.1. The van der Waals surface area contributed by atoms with E-state index in [2.05, 4.69) is 48.5 Å². The molecule has 3 atom stereocenters. The summed E-state index contributed by atoms with van der Waals surface area (Å²) < 4.78 is 46.1. The molecule has 0 aliphatic carbocycles. The van der Waals surface area contributed by atoms with Gasteiger partial charge in [-0.15, -0.1) is 0 Å². The largest absolute Gasteiger partial charge is 0.491 e. The second-order valence-corrected chi connectivity index (χ2v) is 10.7. The van der Waals surface area contributed by atoms with Crippen molar-refractivity contribution in [1.82, 2.24) is 0 Å². The summed E-state index contributed by atoms with van der Waals surface area (Å²) >= 11 is 0. The SMILES string of the molecule is COCCOc1ccc2ccc(OCC3CO3)c(Cc3c(OCC4CO4)ccc4ccc(OCC5CO5)cc34)c2c1. The maximum Gasteiger partial charge on any atom is 0.123 e. The smallest absolute Gasteiger partial charge is 0.123 e. The van der Waals surface area contributed by atoms with Gasteiger partial charge in [-0.2, -0.15) is 0 Å². The summed E-state index contributed by atoms with van der Waals surface area (Å²) in [5.41, 5.74) is 2.14. The Morgan fingerprint density at radius 3 is 1.54 bits per heavy atom. The van der Waals surface area contributed by atoms with E-state index in [0.717, 1.165) is 75.5 Å². The van der Waals surface area contributed by atoms with Crippen LogP contribution < -0.4 is 18.9 Å². The average molecular weight is 559 g/mol. The minimum absolute atomic E-state index is 0.146. The van der Waals surface area contributed by atoms with Gasteiger partial charge in [0.15, 0.2) is 0 Å². The fraction of sp³-hybridized carbons (Fsp3) is 0.394. The molecule has 0 bridgehead atoms. The van der Waals surface area contributed by atoms with Crippen molar-refractivity contribution in [2.45, 2.75) is 24.7 Å². The second kappa shape index (κ2) is 11.7. The summed E-state index contributed by atoms with van der Waals surface area (Å²) in [5.74, 6) is 3.26. The highest BCUT2D eigenvalue weighted by atomic mass is 16.6. The lowest BCUT2D eigenvalue weighted by Gasteiger charge is -2.19. The molecule has 3 heterocycles. The van der Waals surface area contributed by atoms with Gasteiger partial charge in [-0.3, -0.25) is 0 Å².